The second kappa shape index (κ2) is 13.0. The molecule has 0 bridgehead atoms. The Balaban J connectivity index is 1.67. The van der Waals surface area contributed by atoms with Gasteiger partial charge in [0, 0.05) is 30.8 Å². The number of likely N-dealkylation sites (N-methyl/N-ethyl adjacent to an activating group) is 1. The van der Waals surface area contributed by atoms with E-state index in [4.69, 9.17) is 9.47 Å². The number of rotatable bonds is 10. The second-order valence-electron chi connectivity index (χ2n) is 10.2. The number of nitrogens with zero attached hydrogens (tertiary/aromatic N) is 2. The first-order valence-electron chi connectivity index (χ1n) is 13.2. The van der Waals surface area contributed by atoms with Gasteiger partial charge in [-0.15, -0.1) is 11.3 Å². The number of ether oxygens (including phenoxy) is 2. The van der Waals surface area contributed by atoms with Crippen LogP contribution >= 0.6 is 11.3 Å². The summed E-state index contributed by atoms with van der Waals surface area (Å²) in [6.45, 7) is 3.56. The van der Waals surface area contributed by atoms with E-state index in [0.717, 1.165) is 11.3 Å². The van der Waals surface area contributed by atoms with Crippen molar-refractivity contribution < 1.29 is 36.2 Å². The number of aliphatic hydroxyl groups is 1. The minimum atomic E-state index is -3.95. The highest BCUT2D eigenvalue weighted by Gasteiger charge is 2.34. The van der Waals surface area contributed by atoms with Gasteiger partial charge in [0.15, 0.2) is 0 Å². The van der Waals surface area contributed by atoms with Gasteiger partial charge in [-0.1, -0.05) is 13.0 Å². The molecule has 0 radical (unpaired) electrons. The number of carbonyl (C=O) groups excluding carboxylic acids is 1. The predicted molar refractivity (Wildman–Crippen MR) is 160 cm³/mol. The van der Waals surface area contributed by atoms with Crippen molar-refractivity contribution in [2.45, 2.75) is 41.5 Å². The number of anilines is 1. The van der Waals surface area contributed by atoms with Gasteiger partial charge in [0.25, 0.3) is 20.0 Å². The fraction of sp³-hybridized carbons (Fsp3) is 0.393. The minimum absolute atomic E-state index is 0.00221. The molecule has 1 amide bonds. The van der Waals surface area contributed by atoms with Crippen molar-refractivity contribution in [3.8, 4) is 11.5 Å². The molecular formula is C28H35N3O8S3. The molecule has 0 fully saturated rings. The largest absolute Gasteiger partial charge is 0.497 e. The SMILES string of the molecule is COc1ccc(S(=O)(=O)Nc2ccc3c(c2)CC(=O)N([C@@H](C)CO)C[C@H](C)[C@@H](CN(C)S(=O)(=O)c2cccs2)O3)cc1. The van der Waals surface area contributed by atoms with Crippen LogP contribution in [0.4, 0.5) is 5.69 Å². The Kier molecular flexibility index (Phi) is 9.83. The monoisotopic (exact) mass is 637 g/mol. The standard InChI is InChI=1S/C28H35N3O8S3/c1-19-16-31(20(2)18-32)27(33)15-21-14-22(29-41(34,35)24-10-8-23(38-4)9-11-24)7-12-25(21)39-26(19)17-30(3)42(36,37)28-6-5-13-40-28/h5-14,19-20,26,29,32H,15-18H2,1-4H3/t19-,20-,26+/m0/s1. The van der Waals surface area contributed by atoms with Crippen molar-refractivity contribution in [2.75, 3.05) is 38.6 Å². The first-order chi connectivity index (χ1) is 19.8. The summed E-state index contributed by atoms with van der Waals surface area (Å²) in [5, 5.41) is 11.6. The Morgan fingerprint density at radius 3 is 2.50 bits per heavy atom. The minimum Gasteiger partial charge on any atom is -0.497 e. The molecule has 42 heavy (non-hydrogen) atoms. The second-order valence-corrected chi connectivity index (χ2v) is 15.1. The number of hydrogen-bond donors (Lipinski definition) is 2. The van der Waals surface area contributed by atoms with Crippen molar-refractivity contribution >= 4 is 43.0 Å². The molecule has 14 heteroatoms. The summed E-state index contributed by atoms with van der Waals surface area (Å²) >= 11 is 1.12. The summed E-state index contributed by atoms with van der Waals surface area (Å²) in [5.41, 5.74) is 0.650. The molecule has 2 N–H and O–H groups in total. The molecule has 1 aromatic heterocycles. The smallest absolute Gasteiger partial charge is 0.261 e. The quantitative estimate of drug-likeness (QED) is 0.346. The van der Waals surface area contributed by atoms with E-state index < -0.39 is 32.2 Å². The van der Waals surface area contributed by atoms with Gasteiger partial charge in [-0.05, 0) is 60.8 Å². The maximum atomic E-state index is 13.5. The molecular weight excluding hydrogens is 603 g/mol. The summed E-state index contributed by atoms with van der Waals surface area (Å²) < 4.78 is 67.9. The Morgan fingerprint density at radius 2 is 1.88 bits per heavy atom. The zero-order valence-electron chi connectivity index (χ0n) is 23.8. The van der Waals surface area contributed by atoms with E-state index in [9.17, 15) is 26.7 Å². The van der Waals surface area contributed by atoms with Crippen molar-refractivity contribution in [3.05, 3.63) is 65.5 Å². The molecule has 2 heterocycles. The highest BCUT2D eigenvalue weighted by molar-refractivity contribution is 7.92. The molecule has 0 saturated carbocycles. The third-order valence-electron chi connectivity index (χ3n) is 7.14. The fourth-order valence-electron chi connectivity index (χ4n) is 4.60. The van der Waals surface area contributed by atoms with Gasteiger partial charge >= 0.3 is 0 Å². The normalized spacial score (nSPS) is 18.8. The zero-order valence-corrected chi connectivity index (χ0v) is 26.2. The summed E-state index contributed by atoms with van der Waals surface area (Å²) in [6.07, 6.45) is -0.773. The van der Waals surface area contributed by atoms with Gasteiger partial charge < -0.3 is 19.5 Å². The molecule has 1 aliphatic rings. The van der Waals surface area contributed by atoms with E-state index in [1.54, 1.807) is 41.5 Å². The Morgan fingerprint density at radius 1 is 1.17 bits per heavy atom. The summed E-state index contributed by atoms with van der Waals surface area (Å²) in [5.74, 6) is 0.265. The number of hydrogen-bond acceptors (Lipinski definition) is 9. The number of benzene rings is 2. The highest BCUT2D eigenvalue weighted by Crippen LogP contribution is 2.31. The molecule has 3 aromatic rings. The topological polar surface area (TPSA) is 143 Å². The Hall–Kier alpha value is -3.17. The van der Waals surface area contributed by atoms with E-state index in [1.807, 2.05) is 6.92 Å². The summed E-state index contributed by atoms with van der Waals surface area (Å²) in [7, 11) is -4.75. The van der Waals surface area contributed by atoms with E-state index in [0.29, 0.717) is 17.1 Å². The van der Waals surface area contributed by atoms with E-state index in [2.05, 4.69) is 4.72 Å². The predicted octanol–water partition coefficient (Wildman–Crippen LogP) is 3.03. The summed E-state index contributed by atoms with van der Waals surface area (Å²) in [6, 6.07) is 13.3. The van der Waals surface area contributed by atoms with Crippen molar-refractivity contribution in [1.29, 1.82) is 0 Å². The Bertz CT molecular complexity index is 1590. The van der Waals surface area contributed by atoms with Gasteiger partial charge in [0.05, 0.1) is 37.6 Å². The Labute approximate surface area is 250 Å². The lowest BCUT2D eigenvalue weighted by Gasteiger charge is -2.33. The molecule has 0 spiro atoms. The first-order valence-corrected chi connectivity index (χ1v) is 17.0. The number of aliphatic hydroxyl groups excluding tert-OH is 1. The third kappa shape index (κ3) is 7.06. The average molecular weight is 638 g/mol. The van der Waals surface area contributed by atoms with E-state index in [1.165, 1.54) is 48.8 Å². The van der Waals surface area contributed by atoms with Crippen LogP contribution in [0.5, 0.6) is 11.5 Å². The number of fused-ring (bicyclic) bond motifs is 1. The first kappa shape index (κ1) is 31.8. The fourth-order valence-corrected chi connectivity index (χ4v) is 8.03. The molecule has 11 nitrogen and oxygen atoms in total. The van der Waals surface area contributed by atoms with Gasteiger partial charge in [-0.3, -0.25) is 9.52 Å². The average Bonchev–Trinajstić information content (AvgIpc) is 3.52. The maximum Gasteiger partial charge on any atom is 0.261 e. The number of amides is 1. The molecule has 0 aliphatic carbocycles. The van der Waals surface area contributed by atoms with Crippen LogP contribution in [-0.4, -0.2) is 83.1 Å². The van der Waals surface area contributed by atoms with Crippen molar-refractivity contribution in [2.24, 2.45) is 5.92 Å². The lowest BCUT2D eigenvalue weighted by molar-refractivity contribution is -0.134. The van der Waals surface area contributed by atoms with E-state index >= 15 is 0 Å². The third-order valence-corrected chi connectivity index (χ3v) is 11.7. The molecule has 3 atom stereocenters. The van der Waals surface area contributed by atoms with E-state index in [-0.39, 0.29) is 52.7 Å². The van der Waals surface area contributed by atoms with Gasteiger partial charge in [0.1, 0.15) is 21.8 Å². The van der Waals surface area contributed by atoms with Crippen molar-refractivity contribution in [3.63, 3.8) is 0 Å². The van der Waals surface area contributed by atoms with Crippen molar-refractivity contribution in [1.82, 2.24) is 9.21 Å². The van der Waals surface area contributed by atoms with Crippen LogP contribution < -0.4 is 14.2 Å². The van der Waals surface area contributed by atoms with Gasteiger partial charge in [0.2, 0.25) is 5.91 Å². The molecule has 228 valence electrons. The van der Waals surface area contributed by atoms with Gasteiger partial charge in [-0.2, -0.15) is 4.31 Å². The van der Waals surface area contributed by atoms with Gasteiger partial charge in [-0.25, -0.2) is 16.8 Å². The number of methoxy groups -OCH3 is 1. The number of carbonyl (C=O) groups is 1. The number of nitrogens with one attached hydrogen (secondary N) is 1. The molecule has 4 rings (SSSR count). The van der Waals surface area contributed by atoms with Crippen LogP contribution in [0.2, 0.25) is 0 Å². The van der Waals surface area contributed by atoms with Crippen LogP contribution in [0.15, 0.2) is 69.1 Å². The highest BCUT2D eigenvalue weighted by atomic mass is 32.2. The maximum absolute atomic E-state index is 13.5. The van der Waals surface area contributed by atoms with Crippen LogP contribution in [0, 0.1) is 5.92 Å². The van der Waals surface area contributed by atoms with Crippen LogP contribution in [0.25, 0.3) is 0 Å². The van der Waals surface area contributed by atoms with Crippen LogP contribution in [-0.2, 0) is 31.3 Å². The molecule has 0 saturated heterocycles. The lowest BCUT2D eigenvalue weighted by Crippen LogP contribution is -2.48. The molecule has 1 aliphatic heterocycles. The molecule has 2 aromatic carbocycles. The zero-order chi connectivity index (χ0) is 30.7. The number of thiophene rings is 1. The van der Waals surface area contributed by atoms with Crippen LogP contribution in [0.1, 0.15) is 19.4 Å². The number of sulfonamides is 2. The van der Waals surface area contributed by atoms with Crippen LogP contribution in [0.3, 0.4) is 0 Å². The molecule has 0 unspecified atom stereocenters. The lowest BCUT2D eigenvalue weighted by atomic mass is 10.0. The summed E-state index contributed by atoms with van der Waals surface area (Å²) in [4.78, 5) is 15.0.